The lowest BCUT2D eigenvalue weighted by Gasteiger charge is -2.18. The van der Waals surface area contributed by atoms with Gasteiger partial charge in [0, 0.05) is 0 Å². The number of hydrogen-bond donors (Lipinski definition) is 0. The van der Waals surface area contributed by atoms with Crippen LogP contribution in [0.25, 0.3) is 0 Å². The van der Waals surface area contributed by atoms with Gasteiger partial charge in [-0.15, -0.1) is 0 Å². The molecule has 0 saturated carbocycles. The van der Waals surface area contributed by atoms with Gasteiger partial charge in [0.1, 0.15) is 23.9 Å². The van der Waals surface area contributed by atoms with E-state index in [0.29, 0.717) is 24.3 Å². The number of methoxy groups -OCH3 is 1. The fourth-order valence-corrected chi connectivity index (χ4v) is 2.78. The molecule has 2 aromatic rings. The number of alkyl halides is 2. The SMILES string of the molecule is CCOc1cccc(OC(=O)OC)c1COc1cc(C)c(CC)cc1C(F)F. The molecule has 0 bridgehead atoms. The molecular weight excluding hydrogens is 370 g/mol. The Bertz CT molecular complexity index is 821. The minimum absolute atomic E-state index is 0.0834. The molecule has 28 heavy (non-hydrogen) atoms. The Morgan fingerprint density at radius 3 is 2.39 bits per heavy atom. The Morgan fingerprint density at radius 2 is 1.79 bits per heavy atom. The van der Waals surface area contributed by atoms with Crippen molar-refractivity contribution in [3.05, 3.63) is 52.6 Å². The van der Waals surface area contributed by atoms with E-state index >= 15 is 0 Å². The summed E-state index contributed by atoms with van der Waals surface area (Å²) in [7, 11) is 1.19. The molecule has 0 aromatic heterocycles. The molecule has 0 radical (unpaired) electrons. The molecule has 0 atom stereocenters. The molecule has 2 rings (SSSR count). The summed E-state index contributed by atoms with van der Waals surface area (Å²) in [6, 6.07) is 7.96. The Balaban J connectivity index is 2.37. The van der Waals surface area contributed by atoms with E-state index in [1.807, 2.05) is 13.8 Å². The molecule has 0 aliphatic rings. The highest BCUT2D eigenvalue weighted by molar-refractivity contribution is 5.65. The van der Waals surface area contributed by atoms with Crippen molar-refractivity contribution >= 4 is 6.16 Å². The van der Waals surface area contributed by atoms with E-state index in [-0.39, 0.29) is 23.7 Å². The van der Waals surface area contributed by atoms with Crippen molar-refractivity contribution in [2.45, 2.75) is 40.2 Å². The van der Waals surface area contributed by atoms with Crippen molar-refractivity contribution in [2.75, 3.05) is 13.7 Å². The van der Waals surface area contributed by atoms with E-state index < -0.39 is 12.6 Å². The molecule has 0 N–H and O–H groups in total. The first-order valence-corrected chi connectivity index (χ1v) is 8.96. The first-order chi connectivity index (χ1) is 13.4. The highest BCUT2D eigenvalue weighted by Gasteiger charge is 2.19. The van der Waals surface area contributed by atoms with Crippen LogP contribution in [0.1, 0.15) is 42.5 Å². The highest BCUT2D eigenvalue weighted by Crippen LogP contribution is 2.35. The van der Waals surface area contributed by atoms with Crippen LogP contribution >= 0.6 is 0 Å². The fraction of sp³-hybridized carbons (Fsp3) is 0.381. The van der Waals surface area contributed by atoms with E-state index in [4.69, 9.17) is 14.2 Å². The average molecular weight is 394 g/mol. The van der Waals surface area contributed by atoms with Crippen LogP contribution in [0.2, 0.25) is 0 Å². The zero-order valence-electron chi connectivity index (χ0n) is 16.4. The van der Waals surface area contributed by atoms with Gasteiger partial charge in [-0.2, -0.15) is 0 Å². The third-order valence-electron chi connectivity index (χ3n) is 4.21. The zero-order valence-corrected chi connectivity index (χ0v) is 16.4. The van der Waals surface area contributed by atoms with Gasteiger partial charge in [-0.25, -0.2) is 13.6 Å². The summed E-state index contributed by atoms with van der Waals surface area (Å²) >= 11 is 0. The maximum absolute atomic E-state index is 13.5. The molecule has 152 valence electrons. The third kappa shape index (κ3) is 5.12. The summed E-state index contributed by atoms with van der Waals surface area (Å²) < 4.78 is 48.0. The Hall–Kier alpha value is -2.83. The number of halogens is 2. The van der Waals surface area contributed by atoms with Crippen molar-refractivity contribution in [3.63, 3.8) is 0 Å². The highest BCUT2D eigenvalue weighted by atomic mass is 19.3. The van der Waals surface area contributed by atoms with Gasteiger partial charge in [0.2, 0.25) is 0 Å². The van der Waals surface area contributed by atoms with Crippen LogP contribution in [0.5, 0.6) is 17.2 Å². The molecule has 0 fully saturated rings. The maximum atomic E-state index is 13.5. The van der Waals surface area contributed by atoms with Gasteiger partial charge in [-0.3, -0.25) is 0 Å². The van der Waals surface area contributed by atoms with Crippen molar-refractivity contribution in [1.29, 1.82) is 0 Å². The Morgan fingerprint density at radius 1 is 1.07 bits per heavy atom. The summed E-state index contributed by atoms with van der Waals surface area (Å²) in [4.78, 5) is 11.5. The number of benzene rings is 2. The van der Waals surface area contributed by atoms with E-state index in [9.17, 15) is 13.6 Å². The Labute approximate surface area is 163 Å². The van der Waals surface area contributed by atoms with Gasteiger partial charge < -0.3 is 18.9 Å². The number of aryl methyl sites for hydroxylation is 2. The van der Waals surface area contributed by atoms with Crippen LogP contribution in [-0.4, -0.2) is 19.9 Å². The van der Waals surface area contributed by atoms with E-state index in [2.05, 4.69) is 4.74 Å². The third-order valence-corrected chi connectivity index (χ3v) is 4.21. The Kier molecular flexibility index (Phi) is 7.61. The number of rotatable bonds is 8. The van der Waals surface area contributed by atoms with Crippen LogP contribution in [0.3, 0.4) is 0 Å². The van der Waals surface area contributed by atoms with Crippen LogP contribution in [0.15, 0.2) is 30.3 Å². The minimum atomic E-state index is -2.67. The second-order valence-electron chi connectivity index (χ2n) is 5.98. The molecule has 0 heterocycles. The van der Waals surface area contributed by atoms with Crippen molar-refractivity contribution in [3.8, 4) is 17.2 Å². The first kappa shape index (κ1) is 21.5. The minimum Gasteiger partial charge on any atom is -0.493 e. The second kappa shape index (κ2) is 9.92. The lowest BCUT2D eigenvalue weighted by Crippen LogP contribution is -2.11. The van der Waals surface area contributed by atoms with Crippen LogP contribution in [-0.2, 0) is 17.8 Å². The normalized spacial score (nSPS) is 10.7. The lowest BCUT2D eigenvalue weighted by atomic mass is 10.0. The fourth-order valence-electron chi connectivity index (χ4n) is 2.78. The van der Waals surface area contributed by atoms with Gasteiger partial charge in [-0.05, 0) is 55.7 Å². The number of hydrogen-bond acceptors (Lipinski definition) is 5. The number of carbonyl (C=O) groups is 1. The quantitative estimate of drug-likeness (QED) is 0.430. The van der Waals surface area contributed by atoms with Gasteiger partial charge in [-0.1, -0.05) is 13.0 Å². The van der Waals surface area contributed by atoms with Crippen LogP contribution < -0.4 is 14.2 Å². The molecule has 0 saturated heterocycles. The molecule has 0 aliphatic carbocycles. The lowest BCUT2D eigenvalue weighted by molar-refractivity contribution is 0.120. The molecule has 0 unspecified atom stereocenters. The number of ether oxygens (including phenoxy) is 4. The summed E-state index contributed by atoms with van der Waals surface area (Å²) in [6.07, 6.45) is -2.92. The van der Waals surface area contributed by atoms with E-state index in [0.717, 1.165) is 11.1 Å². The predicted octanol–water partition coefficient (Wildman–Crippen LogP) is 5.62. The maximum Gasteiger partial charge on any atom is 0.513 e. The summed E-state index contributed by atoms with van der Waals surface area (Å²) in [6.45, 7) is 5.82. The monoisotopic (exact) mass is 394 g/mol. The molecular formula is C21H24F2O5. The van der Waals surface area contributed by atoms with Gasteiger partial charge >= 0.3 is 6.16 Å². The topological polar surface area (TPSA) is 54.0 Å². The molecule has 0 spiro atoms. The zero-order chi connectivity index (χ0) is 20.7. The summed E-state index contributed by atoms with van der Waals surface area (Å²) in [5.41, 5.74) is 1.96. The summed E-state index contributed by atoms with van der Waals surface area (Å²) in [5, 5.41) is 0. The van der Waals surface area contributed by atoms with Crippen molar-refractivity contribution in [2.24, 2.45) is 0 Å². The summed E-state index contributed by atoms with van der Waals surface area (Å²) in [5.74, 6) is 0.697. The number of carbonyl (C=O) groups excluding carboxylic acids is 1. The van der Waals surface area contributed by atoms with E-state index in [1.165, 1.54) is 13.2 Å². The average Bonchev–Trinajstić information content (AvgIpc) is 2.67. The van der Waals surface area contributed by atoms with Gasteiger partial charge in [0.25, 0.3) is 6.43 Å². The second-order valence-corrected chi connectivity index (χ2v) is 5.98. The van der Waals surface area contributed by atoms with Crippen LogP contribution in [0.4, 0.5) is 13.6 Å². The standard InChI is InChI=1S/C21H24F2O5/c1-5-14-11-15(20(22)23)19(10-13(14)3)27-12-16-17(26-6-2)8-7-9-18(16)28-21(24)25-4/h7-11,20H,5-6,12H2,1-4H3. The molecule has 5 nitrogen and oxygen atoms in total. The molecule has 0 amide bonds. The van der Waals surface area contributed by atoms with Gasteiger partial charge in [0.15, 0.2) is 0 Å². The molecule has 2 aromatic carbocycles. The van der Waals surface area contributed by atoms with Crippen molar-refractivity contribution in [1.82, 2.24) is 0 Å². The smallest absolute Gasteiger partial charge is 0.493 e. The molecule has 0 aliphatic heterocycles. The first-order valence-electron chi connectivity index (χ1n) is 8.96. The van der Waals surface area contributed by atoms with Crippen LogP contribution in [0, 0.1) is 6.92 Å². The predicted molar refractivity (Wildman–Crippen MR) is 100 cm³/mol. The largest absolute Gasteiger partial charge is 0.513 e. The van der Waals surface area contributed by atoms with Crippen molar-refractivity contribution < 1.29 is 32.5 Å². The van der Waals surface area contributed by atoms with Gasteiger partial charge in [0.05, 0.1) is 24.8 Å². The van der Waals surface area contributed by atoms with E-state index in [1.54, 1.807) is 31.2 Å². The molecule has 7 heteroatoms.